The molecule has 0 aliphatic carbocycles. The van der Waals surface area contributed by atoms with E-state index < -0.39 is 48.3 Å². The molecule has 0 spiro atoms. The Morgan fingerprint density at radius 2 is 1.04 bits per heavy atom. The summed E-state index contributed by atoms with van der Waals surface area (Å²) < 4.78 is 168. The minimum absolute atomic E-state index is 0.229. The second-order valence-corrected chi connectivity index (χ2v) is 5.56. The standard InChI is InChI=1S/C11H10F13N/c1-25-4-2-3-5(25)6(12,13)7(14,15)8(16,17)9(18,19)10(20,21)11(22,23)24/h5H,2-4H2,1H3. The van der Waals surface area contributed by atoms with E-state index in [4.69, 9.17) is 0 Å². The van der Waals surface area contributed by atoms with Gasteiger partial charge in [-0.25, -0.2) is 0 Å². The largest absolute Gasteiger partial charge is 0.460 e. The van der Waals surface area contributed by atoms with Gasteiger partial charge in [0, 0.05) is 0 Å². The Hall–Kier alpha value is -0.950. The highest BCUT2D eigenvalue weighted by Gasteiger charge is 2.91. The highest BCUT2D eigenvalue weighted by molar-refractivity contribution is 5.13. The van der Waals surface area contributed by atoms with Crippen LogP contribution in [-0.2, 0) is 0 Å². The van der Waals surface area contributed by atoms with Gasteiger partial charge in [0.05, 0.1) is 6.04 Å². The Balaban J connectivity index is 3.43. The van der Waals surface area contributed by atoms with Crippen molar-refractivity contribution in [2.75, 3.05) is 13.6 Å². The number of nitrogens with zero attached hydrogens (tertiary/aromatic N) is 1. The summed E-state index contributed by atoms with van der Waals surface area (Å²) in [5, 5.41) is 0. The van der Waals surface area contributed by atoms with Crippen molar-refractivity contribution in [3.8, 4) is 0 Å². The Morgan fingerprint density at radius 1 is 0.640 bits per heavy atom. The smallest absolute Gasteiger partial charge is 0.298 e. The first kappa shape index (κ1) is 22.1. The van der Waals surface area contributed by atoms with Crippen LogP contribution in [0.25, 0.3) is 0 Å². The Bertz CT molecular complexity index is 495. The lowest BCUT2D eigenvalue weighted by Gasteiger charge is -2.42. The van der Waals surface area contributed by atoms with Crippen molar-refractivity contribution in [1.29, 1.82) is 0 Å². The SMILES string of the molecule is CN1CCCC1C(F)(F)C(F)(F)C(F)(F)C(F)(F)C(F)(F)C(F)(F)F. The molecule has 25 heavy (non-hydrogen) atoms. The zero-order valence-electron chi connectivity index (χ0n) is 12.1. The second kappa shape index (κ2) is 5.78. The summed E-state index contributed by atoms with van der Waals surface area (Å²) in [5.74, 6) is -36.4. The molecule has 1 rings (SSSR count). The predicted molar refractivity (Wildman–Crippen MR) is 56.4 cm³/mol. The summed E-state index contributed by atoms with van der Waals surface area (Å²) in [6.07, 6.45) is -8.49. The lowest BCUT2D eigenvalue weighted by Crippen LogP contribution is -2.72. The summed E-state index contributed by atoms with van der Waals surface area (Å²) in [5.41, 5.74) is 0. The number of likely N-dealkylation sites (tertiary alicyclic amines) is 1. The van der Waals surface area contributed by atoms with Gasteiger partial charge in [-0.2, -0.15) is 57.1 Å². The van der Waals surface area contributed by atoms with Crippen LogP contribution in [-0.4, -0.2) is 60.3 Å². The molecule has 1 heterocycles. The lowest BCUT2D eigenvalue weighted by atomic mass is 9.90. The number of hydrogen-bond donors (Lipinski definition) is 0. The van der Waals surface area contributed by atoms with E-state index >= 15 is 0 Å². The topological polar surface area (TPSA) is 3.24 Å². The van der Waals surface area contributed by atoms with Crippen molar-refractivity contribution in [1.82, 2.24) is 4.90 Å². The Labute approximate surface area is 131 Å². The van der Waals surface area contributed by atoms with Crippen molar-refractivity contribution in [3.63, 3.8) is 0 Å². The molecule has 150 valence electrons. The normalized spacial score (nSPS) is 22.6. The first-order valence-corrected chi connectivity index (χ1v) is 6.43. The molecule has 0 radical (unpaired) electrons. The Morgan fingerprint density at radius 3 is 1.36 bits per heavy atom. The molecule has 0 N–H and O–H groups in total. The molecule has 1 saturated heterocycles. The van der Waals surface area contributed by atoms with Crippen molar-refractivity contribution in [2.45, 2.75) is 54.7 Å². The first-order valence-electron chi connectivity index (χ1n) is 6.43. The van der Waals surface area contributed by atoms with Crippen LogP contribution < -0.4 is 0 Å². The van der Waals surface area contributed by atoms with Gasteiger partial charge in [0.2, 0.25) is 0 Å². The summed E-state index contributed by atoms with van der Waals surface area (Å²) in [4.78, 5) is 0.393. The van der Waals surface area contributed by atoms with E-state index in [1.165, 1.54) is 0 Å². The van der Waals surface area contributed by atoms with E-state index in [9.17, 15) is 57.1 Å². The van der Waals surface area contributed by atoms with Crippen LogP contribution in [0.2, 0.25) is 0 Å². The molecule has 1 unspecified atom stereocenters. The van der Waals surface area contributed by atoms with E-state index in [1.807, 2.05) is 0 Å². The van der Waals surface area contributed by atoms with Crippen molar-refractivity contribution >= 4 is 0 Å². The van der Waals surface area contributed by atoms with E-state index in [2.05, 4.69) is 0 Å². The molecular weight excluding hydrogens is 393 g/mol. The molecular formula is C11H10F13N. The summed E-state index contributed by atoms with van der Waals surface area (Å²) >= 11 is 0. The van der Waals surface area contributed by atoms with Gasteiger partial charge in [-0.05, 0) is 26.4 Å². The van der Waals surface area contributed by atoms with E-state index in [0.717, 1.165) is 7.05 Å². The molecule has 1 fully saturated rings. The highest BCUT2D eigenvalue weighted by Crippen LogP contribution is 2.61. The fraction of sp³-hybridized carbons (Fsp3) is 1.00. The van der Waals surface area contributed by atoms with E-state index in [-0.39, 0.29) is 13.0 Å². The van der Waals surface area contributed by atoms with Crippen LogP contribution in [0.5, 0.6) is 0 Å². The highest BCUT2D eigenvalue weighted by atomic mass is 19.4. The minimum atomic E-state index is -7.83. The van der Waals surface area contributed by atoms with Crippen LogP contribution in [0.1, 0.15) is 12.8 Å². The van der Waals surface area contributed by atoms with Crippen LogP contribution in [0.3, 0.4) is 0 Å². The van der Waals surface area contributed by atoms with Crippen LogP contribution in [0.4, 0.5) is 57.1 Å². The average Bonchev–Trinajstić information content (AvgIpc) is 2.83. The third kappa shape index (κ3) is 2.83. The van der Waals surface area contributed by atoms with Gasteiger partial charge < -0.3 is 0 Å². The molecule has 0 aromatic carbocycles. The molecule has 0 saturated carbocycles. The monoisotopic (exact) mass is 403 g/mol. The van der Waals surface area contributed by atoms with Crippen LogP contribution >= 0.6 is 0 Å². The maximum Gasteiger partial charge on any atom is 0.460 e. The first-order chi connectivity index (χ1) is 10.8. The number of hydrogen-bond acceptors (Lipinski definition) is 1. The third-order valence-electron chi connectivity index (χ3n) is 3.90. The third-order valence-corrected chi connectivity index (χ3v) is 3.90. The maximum absolute atomic E-state index is 13.7. The van der Waals surface area contributed by atoms with Gasteiger partial charge in [0.1, 0.15) is 0 Å². The minimum Gasteiger partial charge on any atom is -0.298 e. The fourth-order valence-electron chi connectivity index (χ4n) is 2.36. The molecule has 0 bridgehead atoms. The van der Waals surface area contributed by atoms with Gasteiger partial charge in [0.25, 0.3) is 0 Å². The zero-order valence-corrected chi connectivity index (χ0v) is 12.1. The number of halogens is 13. The van der Waals surface area contributed by atoms with Gasteiger partial charge >= 0.3 is 35.8 Å². The van der Waals surface area contributed by atoms with Gasteiger partial charge in [-0.1, -0.05) is 0 Å². The maximum atomic E-state index is 13.7. The van der Waals surface area contributed by atoms with Gasteiger partial charge in [0.15, 0.2) is 0 Å². The quantitative estimate of drug-likeness (QED) is 0.596. The molecule has 0 aromatic rings. The van der Waals surface area contributed by atoms with Crippen molar-refractivity contribution in [2.24, 2.45) is 0 Å². The fourth-order valence-corrected chi connectivity index (χ4v) is 2.36. The molecule has 1 aliphatic heterocycles. The molecule has 14 heteroatoms. The van der Waals surface area contributed by atoms with E-state index in [0.29, 0.717) is 4.90 Å². The molecule has 0 aromatic heterocycles. The summed E-state index contributed by atoms with van der Waals surface area (Å²) in [7, 11) is 0.752. The van der Waals surface area contributed by atoms with Crippen LogP contribution in [0.15, 0.2) is 0 Å². The van der Waals surface area contributed by atoms with Gasteiger partial charge in [-0.3, -0.25) is 4.90 Å². The summed E-state index contributed by atoms with van der Waals surface area (Å²) in [6.45, 7) is -0.322. The van der Waals surface area contributed by atoms with Crippen molar-refractivity contribution in [3.05, 3.63) is 0 Å². The Kier molecular flexibility index (Phi) is 5.10. The average molecular weight is 403 g/mol. The molecule has 1 aliphatic rings. The van der Waals surface area contributed by atoms with Crippen molar-refractivity contribution < 1.29 is 57.1 Å². The summed E-state index contributed by atoms with van der Waals surface area (Å²) in [6, 6.07) is -2.75. The second-order valence-electron chi connectivity index (χ2n) is 5.56. The molecule has 0 amide bonds. The lowest BCUT2D eigenvalue weighted by molar-refractivity contribution is -0.442. The molecule has 1 atom stereocenters. The molecule has 1 nitrogen and oxygen atoms in total. The predicted octanol–water partition coefficient (Wildman–Crippen LogP) is 4.82. The van der Waals surface area contributed by atoms with Gasteiger partial charge in [-0.15, -0.1) is 0 Å². The number of rotatable bonds is 5. The van der Waals surface area contributed by atoms with Crippen LogP contribution in [0, 0.1) is 0 Å². The zero-order chi connectivity index (χ0) is 20.3. The van der Waals surface area contributed by atoms with E-state index in [1.54, 1.807) is 0 Å². The number of alkyl halides is 13.